The Labute approximate surface area is 87.0 Å². The highest BCUT2D eigenvalue weighted by Gasteiger charge is 2.00. The van der Waals surface area contributed by atoms with Gasteiger partial charge >= 0.3 is 6.09 Å². The van der Waals surface area contributed by atoms with E-state index in [9.17, 15) is 4.79 Å². The Morgan fingerprint density at radius 3 is 2.43 bits per heavy atom. The number of nitrogens with two attached hydrogens (primary N) is 1. The molecule has 0 radical (unpaired) electrons. The number of benzene rings is 1. The molecule has 0 unspecified atom stereocenters. The van der Waals surface area contributed by atoms with Crippen molar-refractivity contribution in [1.29, 1.82) is 0 Å². The first-order valence-electron chi connectivity index (χ1n) is 3.88. The molecule has 1 aromatic rings. The first-order valence-corrected chi connectivity index (χ1v) is 4.29. The van der Waals surface area contributed by atoms with Crippen LogP contribution in [0.1, 0.15) is 5.56 Å². The number of hydrogen-bond donors (Lipinski definition) is 2. The van der Waals surface area contributed by atoms with E-state index in [0.29, 0.717) is 10.7 Å². The average molecular weight is 210 g/mol. The number of ether oxygens (including phenoxy) is 1. The molecule has 14 heavy (non-hydrogen) atoms. The summed E-state index contributed by atoms with van der Waals surface area (Å²) in [5.41, 5.74) is 6.81. The normalized spacial score (nSPS) is 9.21. The highest BCUT2D eigenvalue weighted by molar-refractivity contribution is 7.80. The number of amides is 1. The molecule has 1 aromatic carbocycles. The molecule has 3 N–H and O–H groups in total. The monoisotopic (exact) mass is 210 g/mol. The molecule has 74 valence electrons. The number of hydrogen-bond acceptors (Lipinski definition) is 3. The molecule has 0 saturated heterocycles. The summed E-state index contributed by atoms with van der Waals surface area (Å²) in [6.45, 7) is 0. The van der Waals surface area contributed by atoms with E-state index in [1.54, 1.807) is 24.3 Å². The van der Waals surface area contributed by atoms with E-state index in [2.05, 4.69) is 10.1 Å². The van der Waals surface area contributed by atoms with E-state index in [1.165, 1.54) is 7.11 Å². The summed E-state index contributed by atoms with van der Waals surface area (Å²) in [6.07, 6.45) is -0.506. The summed E-state index contributed by atoms with van der Waals surface area (Å²) in [6, 6.07) is 6.86. The van der Waals surface area contributed by atoms with Gasteiger partial charge in [0.25, 0.3) is 0 Å². The quantitative estimate of drug-likeness (QED) is 0.726. The first-order chi connectivity index (χ1) is 6.63. The molecule has 0 aliphatic heterocycles. The topological polar surface area (TPSA) is 64.3 Å². The van der Waals surface area contributed by atoms with Gasteiger partial charge in [0.1, 0.15) is 4.99 Å². The van der Waals surface area contributed by atoms with Crippen LogP contribution in [0.15, 0.2) is 24.3 Å². The summed E-state index contributed by atoms with van der Waals surface area (Å²) >= 11 is 4.78. The molecular weight excluding hydrogens is 200 g/mol. The van der Waals surface area contributed by atoms with Gasteiger partial charge < -0.3 is 10.5 Å². The van der Waals surface area contributed by atoms with Crippen LogP contribution in [0.2, 0.25) is 0 Å². The van der Waals surface area contributed by atoms with Crippen molar-refractivity contribution in [1.82, 2.24) is 0 Å². The average Bonchev–Trinajstić information content (AvgIpc) is 2.18. The molecule has 0 atom stereocenters. The zero-order valence-corrected chi connectivity index (χ0v) is 8.43. The van der Waals surface area contributed by atoms with Gasteiger partial charge in [0.2, 0.25) is 0 Å². The Kier molecular flexibility index (Phi) is 3.41. The molecule has 0 aromatic heterocycles. The van der Waals surface area contributed by atoms with Crippen LogP contribution < -0.4 is 11.1 Å². The van der Waals surface area contributed by atoms with Crippen LogP contribution in [-0.4, -0.2) is 18.2 Å². The molecule has 0 bridgehead atoms. The fourth-order valence-electron chi connectivity index (χ4n) is 0.887. The largest absolute Gasteiger partial charge is 0.453 e. The highest BCUT2D eigenvalue weighted by atomic mass is 32.1. The molecule has 0 spiro atoms. The fourth-order valence-corrected chi connectivity index (χ4v) is 1.02. The molecule has 0 saturated carbocycles. The van der Waals surface area contributed by atoms with E-state index in [1.807, 2.05) is 0 Å². The SMILES string of the molecule is COC(=O)Nc1ccc(C(N)=S)cc1. The molecule has 5 heteroatoms. The van der Waals surface area contributed by atoms with Crippen LogP contribution >= 0.6 is 12.2 Å². The molecule has 1 rings (SSSR count). The Balaban J connectivity index is 2.73. The summed E-state index contributed by atoms with van der Waals surface area (Å²) in [5.74, 6) is 0. The van der Waals surface area contributed by atoms with Crippen LogP contribution in [0.25, 0.3) is 0 Å². The first kappa shape index (κ1) is 10.5. The van der Waals surface area contributed by atoms with Gasteiger partial charge in [-0.3, -0.25) is 5.32 Å². The maximum atomic E-state index is 10.8. The van der Waals surface area contributed by atoms with Crippen LogP contribution in [-0.2, 0) is 4.74 Å². The van der Waals surface area contributed by atoms with E-state index in [4.69, 9.17) is 18.0 Å². The van der Waals surface area contributed by atoms with Crippen molar-refractivity contribution < 1.29 is 9.53 Å². The number of carbonyl (C=O) groups is 1. The van der Waals surface area contributed by atoms with Crippen molar-refractivity contribution in [3.8, 4) is 0 Å². The zero-order valence-electron chi connectivity index (χ0n) is 7.61. The van der Waals surface area contributed by atoms with Crippen LogP contribution in [0, 0.1) is 0 Å². The highest BCUT2D eigenvalue weighted by Crippen LogP contribution is 2.09. The van der Waals surface area contributed by atoms with Crippen molar-refractivity contribution in [2.24, 2.45) is 5.73 Å². The van der Waals surface area contributed by atoms with Gasteiger partial charge in [-0.2, -0.15) is 0 Å². The predicted molar refractivity (Wildman–Crippen MR) is 58.4 cm³/mol. The molecule has 1 amide bonds. The third kappa shape index (κ3) is 2.70. The fraction of sp³-hybridized carbons (Fsp3) is 0.111. The third-order valence-electron chi connectivity index (χ3n) is 1.60. The van der Waals surface area contributed by atoms with E-state index >= 15 is 0 Å². The van der Waals surface area contributed by atoms with Crippen molar-refractivity contribution >= 4 is 29.0 Å². The summed E-state index contributed by atoms with van der Waals surface area (Å²) < 4.78 is 4.43. The predicted octanol–water partition coefficient (Wildman–Crippen LogP) is 1.50. The Hall–Kier alpha value is -1.62. The molecule has 0 heterocycles. The number of nitrogens with one attached hydrogen (secondary N) is 1. The standard InChI is InChI=1S/C9H10N2O2S/c1-13-9(12)11-7-4-2-6(3-5-7)8(10)14/h2-5H,1H3,(H2,10,14)(H,11,12). The molecule has 0 aliphatic carbocycles. The number of rotatable bonds is 2. The number of methoxy groups -OCH3 is 1. The summed E-state index contributed by atoms with van der Waals surface area (Å²) in [7, 11) is 1.30. The second-order valence-corrected chi connectivity index (χ2v) is 3.00. The Morgan fingerprint density at radius 1 is 1.43 bits per heavy atom. The molecule has 4 nitrogen and oxygen atoms in total. The lowest BCUT2D eigenvalue weighted by molar-refractivity contribution is 0.187. The van der Waals surface area contributed by atoms with E-state index < -0.39 is 6.09 Å². The minimum Gasteiger partial charge on any atom is -0.453 e. The lowest BCUT2D eigenvalue weighted by atomic mass is 10.2. The maximum absolute atomic E-state index is 10.8. The lowest BCUT2D eigenvalue weighted by Gasteiger charge is -2.04. The van der Waals surface area contributed by atoms with Crippen molar-refractivity contribution in [2.75, 3.05) is 12.4 Å². The summed E-state index contributed by atoms with van der Waals surface area (Å²) in [5, 5.41) is 2.51. The summed E-state index contributed by atoms with van der Waals surface area (Å²) in [4.78, 5) is 11.1. The van der Waals surface area contributed by atoms with Crippen LogP contribution in [0.3, 0.4) is 0 Å². The van der Waals surface area contributed by atoms with Gasteiger partial charge in [0.05, 0.1) is 7.11 Å². The van der Waals surface area contributed by atoms with Crippen LogP contribution in [0.5, 0.6) is 0 Å². The van der Waals surface area contributed by atoms with Gasteiger partial charge in [0, 0.05) is 11.3 Å². The van der Waals surface area contributed by atoms with Gasteiger partial charge in [-0.15, -0.1) is 0 Å². The van der Waals surface area contributed by atoms with Gasteiger partial charge in [-0.25, -0.2) is 4.79 Å². The minimum absolute atomic E-state index is 0.328. The number of anilines is 1. The third-order valence-corrected chi connectivity index (χ3v) is 1.84. The van der Waals surface area contributed by atoms with Crippen molar-refractivity contribution in [3.05, 3.63) is 29.8 Å². The Bertz CT molecular complexity index is 348. The van der Waals surface area contributed by atoms with Gasteiger partial charge in [0.15, 0.2) is 0 Å². The Morgan fingerprint density at radius 2 is 2.00 bits per heavy atom. The maximum Gasteiger partial charge on any atom is 0.411 e. The smallest absolute Gasteiger partial charge is 0.411 e. The number of carbonyl (C=O) groups excluding carboxylic acids is 1. The van der Waals surface area contributed by atoms with Gasteiger partial charge in [-0.05, 0) is 24.3 Å². The van der Waals surface area contributed by atoms with Crippen molar-refractivity contribution in [2.45, 2.75) is 0 Å². The van der Waals surface area contributed by atoms with Crippen molar-refractivity contribution in [3.63, 3.8) is 0 Å². The second kappa shape index (κ2) is 4.57. The lowest BCUT2D eigenvalue weighted by Crippen LogP contribution is -2.12. The number of thiocarbonyl (C=S) groups is 1. The van der Waals surface area contributed by atoms with E-state index in [-0.39, 0.29) is 0 Å². The van der Waals surface area contributed by atoms with E-state index in [0.717, 1.165) is 5.56 Å². The van der Waals surface area contributed by atoms with Crippen LogP contribution in [0.4, 0.5) is 10.5 Å². The second-order valence-electron chi connectivity index (χ2n) is 2.56. The molecular formula is C9H10N2O2S. The van der Waals surface area contributed by atoms with Gasteiger partial charge in [-0.1, -0.05) is 12.2 Å². The molecule has 0 aliphatic rings. The molecule has 0 fully saturated rings. The zero-order chi connectivity index (χ0) is 10.6. The minimum atomic E-state index is -0.506.